The fourth-order valence-corrected chi connectivity index (χ4v) is 4.13. The molecule has 0 radical (unpaired) electrons. The van der Waals surface area contributed by atoms with Gasteiger partial charge in [0, 0.05) is 24.8 Å². The first-order valence-corrected chi connectivity index (χ1v) is 9.72. The number of anilines is 1. The first-order valence-electron chi connectivity index (χ1n) is 8.90. The summed E-state index contributed by atoms with van der Waals surface area (Å²) in [6, 6.07) is 17.6. The second-order valence-electron chi connectivity index (χ2n) is 6.19. The van der Waals surface area contributed by atoms with Crippen LogP contribution in [0.2, 0.25) is 0 Å². The standard InChI is InChI=1S/C21H20N2O3S/c24-21(26-15-17-8-4-5-9-22-17)19-14-18(16-6-2-1-3-7-16)20(27-19)23-10-12-25-13-11-23/h1-9,14H,10-13,15H2. The maximum Gasteiger partial charge on any atom is 0.348 e. The maximum atomic E-state index is 12.6. The lowest BCUT2D eigenvalue weighted by Gasteiger charge is -2.28. The number of aromatic nitrogens is 1. The van der Waals surface area contributed by atoms with Crippen LogP contribution in [0.25, 0.3) is 11.1 Å². The van der Waals surface area contributed by atoms with E-state index in [0.29, 0.717) is 18.1 Å². The van der Waals surface area contributed by atoms with Gasteiger partial charge in [0.05, 0.1) is 23.9 Å². The summed E-state index contributed by atoms with van der Waals surface area (Å²) in [6.45, 7) is 3.22. The van der Waals surface area contributed by atoms with E-state index < -0.39 is 0 Å². The summed E-state index contributed by atoms with van der Waals surface area (Å²) in [6.07, 6.45) is 1.69. The molecule has 0 saturated carbocycles. The molecule has 1 aromatic carbocycles. The molecule has 1 aliphatic heterocycles. The molecule has 0 N–H and O–H groups in total. The molecule has 27 heavy (non-hydrogen) atoms. The summed E-state index contributed by atoms with van der Waals surface area (Å²) in [5.74, 6) is -0.317. The zero-order valence-electron chi connectivity index (χ0n) is 14.8. The number of rotatable bonds is 5. The van der Waals surface area contributed by atoms with Crippen LogP contribution in [0.5, 0.6) is 0 Å². The SMILES string of the molecule is O=C(OCc1ccccn1)c1cc(-c2ccccc2)c(N2CCOCC2)s1. The fraction of sp³-hybridized carbons (Fsp3) is 0.238. The molecule has 0 amide bonds. The molecule has 2 aromatic heterocycles. The Hall–Kier alpha value is -2.70. The number of carbonyl (C=O) groups is 1. The van der Waals surface area contributed by atoms with Gasteiger partial charge >= 0.3 is 5.97 Å². The van der Waals surface area contributed by atoms with Crippen LogP contribution in [-0.4, -0.2) is 37.3 Å². The van der Waals surface area contributed by atoms with Gasteiger partial charge in [-0.1, -0.05) is 36.4 Å². The number of esters is 1. The van der Waals surface area contributed by atoms with E-state index in [1.54, 1.807) is 6.20 Å². The van der Waals surface area contributed by atoms with Crippen LogP contribution >= 0.6 is 11.3 Å². The van der Waals surface area contributed by atoms with Crippen molar-refractivity contribution in [3.63, 3.8) is 0 Å². The van der Waals surface area contributed by atoms with Crippen LogP contribution in [0.3, 0.4) is 0 Å². The van der Waals surface area contributed by atoms with Gasteiger partial charge in [-0.15, -0.1) is 11.3 Å². The van der Waals surface area contributed by atoms with Crippen molar-refractivity contribution in [1.29, 1.82) is 0 Å². The predicted octanol–water partition coefficient (Wildman–Crippen LogP) is 4.00. The highest BCUT2D eigenvalue weighted by Crippen LogP contribution is 2.39. The van der Waals surface area contributed by atoms with Gasteiger partial charge in [-0.25, -0.2) is 4.79 Å². The minimum Gasteiger partial charge on any atom is -0.455 e. The van der Waals surface area contributed by atoms with Crippen molar-refractivity contribution in [3.8, 4) is 11.1 Å². The fourth-order valence-electron chi connectivity index (χ4n) is 3.00. The largest absolute Gasteiger partial charge is 0.455 e. The van der Waals surface area contributed by atoms with Crippen molar-refractivity contribution in [1.82, 2.24) is 4.98 Å². The summed E-state index contributed by atoms with van der Waals surface area (Å²) in [5, 5.41) is 1.09. The number of carbonyl (C=O) groups excluding carboxylic acids is 1. The molecule has 5 nitrogen and oxygen atoms in total. The Morgan fingerprint density at radius 2 is 1.89 bits per heavy atom. The lowest BCUT2D eigenvalue weighted by molar-refractivity contribution is 0.0473. The first kappa shape index (κ1) is 17.7. The summed E-state index contributed by atoms with van der Waals surface area (Å²) < 4.78 is 10.9. The molecule has 0 spiro atoms. The molecular weight excluding hydrogens is 360 g/mol. The van der Waals surface area contributed by atoms with Gasteiger partial charge in [0.25, 0.3) is 0 Å². The second kappa shape index (κ2) is 8.33. The molecule has 1 aliphatic rings. The smallest absolute Gasteiger partial charge is 0.348 e. The molecule has 0 unspecified atom stereocenters. The second-order valence-corrected chi connectivity index (χ2v) is 7.22. The zero-order chi connectivity index (χ0) is 18.5. The van der Waals surface area contributed by atoms with Crippen LogP contribution in [0, 0.1) is 0 Å². The summed E-state index contributed by atoms with van der Waals surface area (Å²) in [4.78, 5) is 19.7. The number of morpholine rings is 1. The average molecular weight is 380 g/mol. The molecule has 0 aliphatic carbocycles. The lowest BCUT2D eigenvalue weighted by Crippen LogP contribution is -2.35. The number of benzene rings is 1. The van der Waals surface area contributed by atoms with Gasteiger partial charge in [0.15, 0.2) is 0 Å². The number of hydrogen-bond donors (Lipinski definition) is 0. The number of nitrogens with zero attached hydrogens (tertiary/aromatic N) is 2. The Balaban J connectivity index is 1.59. The van der Waals surface area contributed by atoms with Gasteiger partial charge in [-0.3, -0.25) is 4.98 Å². The minimum atomic E-state index is -0.317. The molecule has 4 rings (SSSR count). The van der Waals surface area contributed by atoms with Crippen LogP contribution < -0.4 is 4.90 Å². The minimum absolute atomic E-state index is 0.172. The highest BCUT2D eigenvalue weighted by Gasteiger charge is 2.22. The number of thiophene rings is 1. The Morgan fingerprint density at radius 1 is 1.11 bits per heavy atom. The van der Waals surface area contributed by atoms with Gasteiger partial charge < -0.3 is 14.4 Å². The molecule has 3 heterocycles. The topological polar surface area (TPSA) is 51.7 Å². The van der Waals surface area contributed by atoms with E-state index in [4.69, 9.17) is 9.47 Å². The molecule has 1 fully saturated rings. The van der Waals surface area contributed by atoms with Gasteiger partial charge in [0.1, 0.15) is 11.5 Å². The van der Waals surface area contributed by atoms with Crippen molar-refractivity contribution in [3.05, 3.63) is 71.4 Å². The quantitative estimate of drug-likeness (QED) is 0.626. The molecule has 0 bridgehead atoms. The highest BCUT2D eigenvalue weighted by molar-refractivity contribution is 7.18. The molecule has 138 valence electrons. The average Bonchev–Trinajstić information content (AvgIpc) is 3.20. The van der Waals surface area contributed by atoms with Crippen molar-refractivity contribution >= 4 is 22.3 Å². The van der Waals surface area contributed by atoms with E-state index in [2.05, 4.69) is 22.0 Å². The van der Waals surface area contributed by atoms with Gasteiger partial charge in [0.2, 0.25) is 0 Å². The first-order chi connectivity index (χ1) is 13.3. The maximum absolute atomic E-state index is 12.6. The van der Waals surface area contributed by atoms with E-state index in [1.165, 1.54) is 11.3 Å². The molecule has 0 atom stereocenters. The molecule has 3 aromatic rings. The van der Waals surface area contributed by atoms with Gasteiger partial charge in [-0.05, 0) is 23.8 Å². The Kier molecular flexibility index (Phi) is 5.46. The lowest BCUT2D eigenvalue weighted by atomic mass is 10.1. The van der Waals surface area contributed by atoms with Crippen LogP contribution in [0.15, 0.2) is 60.8 Å². The van der Waals surface area contributed by atoms with Crippen molar-refractivity contribution < 1.29 is 14.3 Å². The van der Waals surface area contributed by atoms with E-state index in [1.807, 2.05) is 42.5 Å². The zero-order valence-corrected chi connectivity index (χ0v) is 15.7. The highest BCUT2D eigenvalue weighted by atomic mass is 32.1. The Bertz CT molecular complexity index is 890. The summed E-state index contributed by atoms with van der Waals surface area (Å²) >= 11 is 1.48. The third kappa shape index (κ3) is 4.18. The predicted molar refractivity (Wildman–Crippen MR) is 106 cm³/mol. The van der Waals surface area contributed by atoms with Crippen LogP contribution in [0.4, 0.5) is 5.00 Å². The van der Waals surface area contributed by atoms with E-state index in [-0.39, 0.29) is 12.6 Å². The summed E-state index contributed by atoms with van der Waals surface area (Å²) in [7, 11) is 0. The number of hydrogen-bond acceptors (Lipinski definition) is 6. The van der Waals surface area contributed by atoms with Crippen molar-refractivity contribution in [2.75, 3.05) is 31.2 Å². The molecule has 1 saturated heterocycles. The third-order valence-corrected chi connectivity index (χ3v) is 5.55. The van der Waals surface area contributed by atoms with E-state index in [0.717, 1.165) is 34.9 Å². The van der Waals surface area contributed by atoms with Crippen LogP contribution in [-0.2, 0) is 16.1 Å². The summed E-state index contributed by atoms with van der Waals surface area (Å²) in [5.41, 5.74) is 2.89. The number of pyridine rings is 1. The monoisotopic (exact) mass is 380 g/mol. The molecular formula is C21H20N2O3S. The van der Waals surface area contributed by atoms with Gasteiger partial charge in [-0.2, -0.15) is 0 Å². The van der Waals surface area contributed by atoms with Crippen LogP contribution in [0.1, 0.15) is 15.4 Å². The van der Waals surface area contributed by atoms with E-state index in [9.17, 15) is 4.79 Å². The molecule has 6 heteroatoms. The van der Waals surface area contributed by atoms with Crippen molar-refractivity contribution in [2.45, 2.75) is 6.61 Å². The van der Waals surface area contributed by atoms with E-state index >= 15 is 0 Å². The van der Waals surface area contributed by atoms with Crippen molar-refractivity contribution in [2.24, 2.45) is 0 Å². The normalized spacial score (nSPS) is 14.1. The third-order valence-electron chi connectivity index (χ3n) is 4.37. The Labute approximate surface area is 162 Å². The number of ether oxygens (including phenoxy) is 2. The Morgan fingerprint density at radius 3 is 2.63 bits per heavy atom.